The number of carbonyl (C=O) groups is 2. The minimum absolute atomic E-state index is 0.136. The number of amides is 3. The number of sulfonamides is 1. The zero-order valence-electron chi connectivity index (χ0n) is 18.7. The SMILES string of the molecule is N#Cc1ccc(S(=O)(=O)N2CCC(C(=O)Nc3ccccc3NC(=O)N3CCCC3)CC2)cc1. The summed E-state index contributed by atoms with van der Waals surface area (Å²) in [5.41, 5.74) is 1.45. The van der Waals surface area contributed by atoms with Crippen LogP contribution in [0.2, 0.25) is 0 Å². The second kappa shape index (κ2) is 10.2. The molecule has 2 heterocycles. The summed E-state index contributed by atoms with van der Waals surface area (Å²) in [6, 6.07) is 14.7. The molecule has 0 atom stereocenters. The molecule has 0 unspecified atom stereocenters. The fourth-order valence-corrected chi connectivity index (χ4v) is 5.73. The molecule has 3 amide bonds. The highest BCUT2D eigenvalue weighted by Crippen LogP contribution is 2.27. The van der Waals surface area contributed by atoms with Gasteiger partial charge in [0.25, 0.3) is 0 Å². The van der Waals surface area contributed by atoms with E-state index in [4.69, 9.17) is 5.26 Å². The number of urea groups is 1. The number of hydrogen-bond donors (Lipinski definition) is 2. The lowest BCUT2D eigenvalue weighted by molar-refractivity contribution is -0.120. The van der Waals surface area contributed by atoms with Crippen molar-refractivity contribution >= 4 is 33.3 Å². The fraction of sp³-hybridized carbons (Fsp3) is 0.375. The third kappa shape index (κ3) is 5.21. The molecule has 2 aliphatic heterocycles. The second-order valence-electron chi connectivity index (χ2n) is 8.47. The molecule has 178 valence electrons. The summed E-state index contributed by atoms with van der Waals surface area (Å²) in [5.74, 6) is -0.534. The van der Waals surface area contributed by atoms with Crippen molar-refractivity contribution in [3.05, 3.63) is 54.1 Å². The first kappa shape index (κ1) is 23.7. The summed E-state index contributed by atoms with van der Waals surface area (Å²) >= 11 is 0. The van der Waals surface area contributed by atoms with E-state index in [9.17, 15) is 18.0 Å². The van der Waals surface area contributed by atoms with E-state index >= 15 is 0 Å². The van der Waals surface area contributed by atoms with Gasteiger partial charge in [0, 0.05) is 32.1 Å². The largest absolute Gasteiger partial charge is 0.325 e. The Bertz CT molecular complexity index is 1190. The summed E-state index contributed by atoms with van der Waals surface area (Å²) in [6.45, 7) is 1.91. The highest BCUT2D eigenvalue weighted by molar-refractivity contribution is 7.89. The number of nitrogens with one attached hydrogen (secondary N) is 2. The summed E-state index contributed by atoms with van der Waals surface area (Å²) < 4.78 is 27.2. The number of anilines is 2. The third-order valence-corrected chi connectivity index (χ3v) is 8.18. The molecule has 9 nitrogen and oxygen atoms in total. The number of rotatable bonds is 5. The predicted molar refractivity (Wildman–Crippen MR) is 128 cm³/mol. The molecule has 2 aromatic carbocycles. The fourth-order valence-electron chi connectivity index (χ4n) is 4.26. The van der Waals surface area contributed by atoms with Crippen LogP contribution >= 0.6 is 0 Å². The molecule has 0 radical (unpaired) electrons. The van der Waals surface area contributed by atoms with Gasteiger partial charge in [-0.25, -0.2) is 13.2 Å². The molecule has 2 N–H and O–H groups in total. The van der Waals surface area contributed by atoms with Crippen molar-refractivity contribution in [2.24, 2.45) is 5.92 Å². The smallest absolute Gasteiger partial charge is 0.321 e. The number of nitrogens with zero attached hydrogens (tertiary/aromatic N) is 3. The molecule has 0 aromatic heterocycles. The molecule has 2 saturated heterocycles. The van der Waals surface area contributed by atoms with Crippen LogP contribution in [0.1, 0.15) is 31.2 Å². The maximum Gasteiger partial charge on any atom is 0.321 e. The number of para-hydroxylation sites is 2. The first-order valence-corrected chi connectivity index (χ1v) is 12.8. The first-order chi connectivity index (χ1) is 16.4. The molecule has 2 aromatic rings. The van der Waals surface area contributed by atoms with Crippen LogP contribution in [0.5, 0.6) is 0 Å². The average molecular weight is 482 g/mol. The lowest BCUT2D eigenvalue weighted by Crippen LogP contribution is -2.41. The quantitative estimate of drug-likeness (QED) is 0.679. The van der Waals surface area contributed by atoms with Crippen LogP contribution in [0, 0.1) is 17.2 Å². The van der Waals surface area contributed by atoms with Gasteiger partial charge in [-0.1, -0.05) is 12.1 Å². The lowest BCUT2D eigenvalue weighted by atomic mass is 9.97. The maximum atomic E-state index is 12.9. The van der Waals surface area contributed by atoms with Gasteiger partial charge >= 0.3 is 6.03 Å². The Morgan fingerprint density at radius 1 is 0.882 bits per heavy atom. The Hall–Kier alpha value is -3.42. The molecule has 34 heavy (non-hydrogen) atoms. The topological polar surface area (TPSA) is 123 Å². The van der Waals surface area contributed by atoms with Gasteiger partial charge in [-0.3, -0.25) is 4.79 Å². The van der Waals surface area contributed by atoms with E-state index in [1.54, 1.807) is 29.2 Å². The van der Waals surface area contributed by atoms with Gasteiger partial charge in [-0.15, -0.1) is 0 Å². The van der Waals surface area contributed by atoms with Crippen molar-refractivity contribution in [2.45, 2.75) is 30.6 Å². The molecule has 2 fully saturated rings. The van der Waals surface area contributed by atoms with Crippen LogP contribution in [0.4, 0.5) is 16.2 Å². The summed E-state index contributed by atoms with van der Waals surface area (Å²) in [5, 5.41) is 14.7. The highest BCUT2D eigenvalue weighted by Gasteiger charge is 2.32. The number of nitriles is 1. The van der Waals surface area contributed by atoms with Crippen molar-refractivity contribution in [1.29, 1.82) is 5.26 Å². The number of hydrogen-bond acceptors (Lipinski definition) is 5. The Morgan fingerprint density at radius 3 is 2.06 bits per heavy atom. The Morgan fingerprint density at radius 2 is 1.47 bits per heavy atom. The van der Waals surface area contributed by atoms with Gasteiger partial charge < -0.3 is 15.5 Å². The third-order valence-electron chi connectivity index (χ3n) is 6.27. The molecule has 0 bridgehead atoms. The van der Waals surface area contributed by atoms with Gasteiger partial charge in [0.1, 0.15) is 0 Å². The van der Waals surface area contributed by atoms with Gasteiger partial charge in [0.05, 0.1) is 27.9 Å². The molecule has 0 saturated carbocycles. The van der Waals surface area contributed by atoms with Crippen LogP contribution in [0.25, 0.3) is 0 Å². The highest BCUT2D eigenvalue weighted by atomic mass is 32.2. The van der Waals surface area contributed by atoms with E-state index in [2.05, 4.69) is 10.6 Å². The predicted octanol–water partition coefficient (Wildman–Crippen LogP) is 3.23. The summed E-state index contributed by atoms with van der Waals surface area (Å²) in [6.07, 6.45) is 2.77. The van der Waals surface area contributed by atoms with Gasteiger partial charge in [-0.2, -0.15) is 9.57 Å². The first-order valence-electron chi connectivity index (χ1n) is 11.3. The van der Waals surface area contributed by atoms with E-state index < -0.39 is 10.0 Å². The van der Waals surface area contributed by atoms with Gasteiger partial charge in [-0.05, 0) is 62.1 Å². The minimum atomic E-state index is -3.68. The molecule has 10 heteroatoms. The van der Waals surface area contributed by atoms with Crippen LogP contribution in [0.3, 0.4) is 0 Å². The van der Waals surface area contributed by atoms with Crippen molar-refractivity contribution in [2.75, 3.05) is 36.8 Å². The van der Waals surface area contributed by atoms with Crippen LogP contribution in [-0.4, -0.2) is 55.7 Å². The Kier molecular flexibility index (Phi) is 7.14. The Balaban J connectivity index is 1.36. The minimum Gasteiger partial charge on any atom is -0.325 e. The number of benzene rings is 2. The standard InChI is InChI=1S/C24H27N5O4S/c25-17-18-7-9-20(10-8-18)34(32,33)29-15-11-19(12-16-29)23(30)26-21-5-1-2-6-22(21)27-24(31)28-13-3-4-14-28/h1-2,5-10,19H,3-4,11-16H2,(H,26,30)(H,27,31). The zero-order valence-corrected chi connectivity index (χ0v) is 19.6. The zero-order chi connectivity index (χ0) is 24.1. The van der Waals surface area contributed by atoms with E-state index in [0.717, 1.165) is 25.9 Å². The second-order valence-corrected chi connectivity index (χ2v) is 10.4. The average Bonchev–Trinajstić information content (AvgIpc) is 3.41. The van der Waals surface area contributed by atoms with Gasteiger partial charge in [0.15, 0.2) is 0 Å². The molecular weight excluding hydrogens is 454 g/mol. The summed E-state index contributed by atoms with van der Waals surface area (Å²) in [7, 11) is -3.68. The molecule has 2 aliphatic rings. The number of likely N-dealkylation sites (tertiary alicyclic amines) is 1. The number of piperidine rings is 1. The van der Waals surface area contributed by atoms with E-state index in [1.807, 2.05) is 6.07 Å². The lowest BCUT2D eigenvalue weighted by Gasteiger charge is -2.30. The van der Waals surface area contributed by atoms with Crippen molar-refractivity contribution in [3.63, 3.8) is 0 Å². The molecule has 4 rings (SSSR count). The monoisotopic (exact) mass is 481 g/mol. The molecular formula is C24H27N5O4S. The van der Waals surface area contributed by atoms with E-state index in [1.165, 1.54) is 28.6 Å². The van der Waals surface area contributed by atoms with Crippen molar-refractivity contribution in [3.8, 4) is 6.07 Å². The van der Waals surface area contributed by atoms with Gasteiger partial charge in [0.2, 0.25) is 15.9 Å². The van der Waals surface area contributed by atoms with Crippen LogP contribution in [0.15, 0.2) is 53.4 Å². The summed E-state index contributed by atoms with van der Waals surface area (Å²) in [4.78, 5) is 27.3. The van der Waals surface area contributed by atoms with E-state index in [-0.39, 0.29) is 35.8 Å². The van der Waals surface area contributed by atoms with Crippen molar-refractivity contribution < 1.29 is 18.0 Å². The normalized spacial score (nSPS) is 17.2. The van der Waals surface area contributed by atoms with Crippen molar-refractivity contribution in [1.82, 2.24) is 9.21 Å². The van der Waals surface area contributed by atoms with E-state index in [0.29, 0.717) is 29.8 Å². The maximum absolute atomic E-state index is 12.9. The number of carbonyl (C=O) groups excluding carboxylic acids is 2. The van der Waals surface area contributed by atoms with Crippen LogP contribution < -0.4 is 10.6 Å². The molecule has 0 aliphatic carbocycles. The Labute approximate surface area is 199 Å². The molecule has 0 spiro atoms. The van der Waals surface area contributed by atoms with Crippen LogP contribution in [-0.2, 0) is 14.8 Å².